The molecule has 0 saturated carbocycles. The molecule has 0 fully saturated rings. The van der Waals surface area contributed by atoms with Crippen molar-refractivity contribution in [2.75, 3.05) is 0 Å². The van der Waals surface area contributed by atoms with Crippen molar-refractivity contribution in [3.63, 3.8) is 0 Å². The average molecular weight is 296 g/mol. The molecule has 0 heterocycles. The van der Waals surface area contributed by atoms with Crippen LogP contribution in [0.4, 0.5) is 0 Å². The molecule has 0 atom stereocenters. The molecule has 2 aromatic carbocycles. The SMILES string of the molecule is Cc1cccc(C(=O)Oc2ccc(C=NN=C(N)N)cc2)c1. The largest absolute Gasteiger partial charge is 0.423 e. The number of guanidine groups is 1. The number of nitrogens with two attached hydrogens (primary N) is 2. The number of nitrogens with zero attached hydrogens (tertiary/aromatic N) is 2. The van der Waals surface area contributed by atoms with E-state index in [0.717, 1.165) is 11.1 Å². The van der Waals surface area contributed by atoms with E-state index in [0.29, 0.717) is 11.3 Å². The number of hydrogen-bond acceptors (Lipinski definition) is 4. The molecule has 6 heteroatoms. The number of ether oxygens (including phenoxy) is 1. The van der Waals surface area contributed by atoms with Crippen LogP contribution in [-0.4, -0.2) is 18.1 Å². The number of carbonyl (C=O) groups excluding carboxylic acids is 1. The van der Waals surface area contributed by atoms with Gasteiger partial charge < -0.3 is 16.2 Å². The topological polar surface area (TPSA) is 103 Å². The first kappa shape index (κ1) is 15.2. The maximum Gasteiger partial charge on any atom is 0.343 e. The smallest absolute Gasteiger partial charge is 0.343 e. The molecule has 0 saturated heterocycles. The third-order valence-corrected chi connectivity index (χ3v) is 2.72. The van der Waals surface area contributed by atoms with Gasteiger partial charge in [0.15, 0.2) is 0 Å². The number of aryl methyl sites for hydroxylation is 1. The minimum Gasteiger partial charge on any atom is -0.423 e. The first-order valence-electron chi connectivity index (χ1n) is 6.55. The van der Waals surface area contributed by atoms with Crippen molar-refractivity contribution in [3.8, 4) is 5.75 Å². The van der Waals surface area contributed by atoms with Crippen molar-refractivity contribution >= 4 is 18.1 Å². The van der Waals surface area contributed by atoms with Crippen LogP contribution in [0.25, 0.3) is 0 Å². The summed E-state index contributed by atoms with van der Waals surface area (Å²) in [5.74, 6) is -0.0592. The molecular formula is C16H16N4O2. The number of carbonyl (C=O) groups is 1. The van der Waals surface area contributed by atoms with Crippen LogP contribution in [0.3, 0.4) is 0 Å². The lowest BCUT2D eigenvalue weighted by Gasteiger charge is -2.05. The van der Waals surface area contributed by atoms with Gasteiger partial charge in [0.2, 0.25) is 5.96 Å². The number of benzene rings is 2. The van der Waals surface area contributed by atoms with Gasteiger partial charge in [-0.25, -0.2) is 4.79 Å². The maximum absolute atomic E-state index is 12.0. The predicted octanol–water partition coefficient (Wildman–Crippen LogP) is 1.82. The Morgan fingerprint density at radius 1 is 1.14 bits per heavy atom. The predicted molar refractivity (Wildman–Crippen MR) is 86.0 cm³/mol. The van der Waals surface area contributed by atoms with Crippen molar-refractivity contribution in [1.82, 2.24) is 0 Å². The maximum atomic E-state index is 12.0. The van der Waals surface area contributed by atoms with Crippen molar-refractivity contribution < 1.29 is 9.53 Å². The standard InChI is InChI=1S/C16H16N4O2/c1-11-3-2-4-13(9-11)15(21)22-14-7-5-12(6-8-14)10-19-20-16(17)18/h2-10H,1H3,(H4,17,18,20). The normalized spacial score (nSPS) is 10.4. The Bertz CT molecular complexity index is 717. The fourth-order valence-corrected chi connectivity index (χ4v) is 1.72. The Balaban J connectivity index is 2.03. The Kier molecular flexibility index (Phi) is 4.87. The van der Waals surface area contributed by atoms with Crippen molar-refractivity contribution in [2.45, 2.75) is 6.92 Å². The van der Waals surface area contributed by atoms with Gasteiger partial charge >= 0.3 is 5.97 Å². The van der Waals surface area contributed by atoms with E-state index in [1.807, 2.05) is 19.1 Å². The highest BCUT2D eigenvalue weighted by molar-refractivity contribution is 5.91. The van der Waals surface area contributed by atoms with Crippen molar-refractivity contribution in [3.05, 3.63) is 65.2 Å². The summed E-state index contributed by atoms with van der Waals surface area (Å²) in [7, 11) is 0. The van der Waals surface area contributed by atoms with E-state index >= 15 is 0 Å². The van der Waals surface area contributed by atoms with E-state index in [-0.39, 0.29) is 5.96 Å². The van der Waals surface area contributed by atoms with Crippen molar-refractivity contribution in [2.24, 2.45) is 21.7 Å². The monoisotopic (exact) mass is 296 g/mol. The van der Waals surface area contributed by atoms with Crippen LogP contribution < -0.4 is 16.2 Å². The molecule has 0 unspecified atom stereocenters. The van der Waals surface area contributed by atoms with Gasteiger partial charge in [0.1, 0.15) is 5.75 Å². The van der Waals surface area contributed by atoms with Gasteiger partial charge in [-0.05, 0) is 48.9 Å². The van der Waals surface area contributed by atoms with Crippen LogP contribution in [0, 0.1) is 6.92 Å². The average Bonchev–Trinajstić information content (AvgIpc) is 2.48. The van der Waals surface area contributed by atoms with E-state index in [4.69, 9.17) is 16.2 Å². The Morgan fingerprint density at radius 2 is 1.86 bits per heavy atom. The lowest BCUT2D eigenvalue weighted by atomic mass is 10.1. The van der Waals surface area contributed by atoms with Gasteiger partial charge in [-0.15, -0.1) is 5.10 Å². The van der Waals surface area contributed by atoms with E-state index in [2.05, 4.69) is 10.2 Å². The van der Waals surface area contributed by atoms with Crippen LogP contribution >= 0.6 is 0 Å². The number of hydrogen-bond donors (Lipinski definition) is 2. The summed E-state index contributed by atoms with van der Waals surface area (Å²) in [6.07, 6.45) is 1.49. The zero-order valence-corrected chi connectivity index (χ0v) is 12.1. The van der Waals surface area contributed by atoms with Gasteiger partial charge in [-0.3, -0.25) is 0 Å². The molecule has 0 aliphatic rings. The first-order chi connectivity index (χ1) is 10.5. The summed E-state index contributed by atoms with van der Waals surface area (Å²) < 4.78 is 5.30. The number of esters is 1. The molecule has 2 rings (SSSR count). The molecule has 0 aliphatic heterocycles. The van der Waals surface area contributed by atoms with Gasteiger partial charge in [0.25, 0.3) is 0 Å². The summed E-state index contributed by atoms with van der Waals surface area (Å²) >= 11 is 0. The zero-order valence-electron chi connectivity index (χ0n) is 12.1. The van der Waals surface area contributed by atoms with Gasteiger partial charge in [-0.1, -0.05) is 17.7 Å². The minimum absolute atomic E-state index is 0.111. The minimum atomic E-state index is -0.398. The van der Waals surface area contributed by atoms with E-state index in [9.17, 15) is 4.79 Å². The second-order valence-corrected chi connectivity index (χ2v) is 4.60. The first-order valence-corrected chi connectivity index (χ1v) is 6.55. The highest BCUT2D eigenvalue weighted by Gasteiger charge is 2.08. The van der Waals surface area contributed by atoms with E-state index < -0.39 is 5.97 Å². The van der Waals surface area contributed by atoms with Gasteiger partial charge in [0, 0.05) is 0 Å². The van der Waals surface area contributed by atoms with E-state index in [1.54, 1.807) is 36.4 Å². The molecule has 0 amide bonds. The van der Waals surface area contributed by atoms with Crippen LogP contribution in [0.15, 0.2) is 58.7 Å². The Hall–Kier alpha value is -3.15. The molecule has 6 nitrogen and oxygen atoms in total. The highest BCUT2D eigenvalue weighted by Crippen LogP contribution is 2.14. The molecule has 0 bridgehead atoms. The second-order valence-electron chi connectivity index (χ2n) is 4.60. The molecule has 2 aromatic rings. The Morgan fingerprint density at radius 3 is 2.50 bits per heavy atom. The molecule has 112 valence electrons. The summed E-state index contributed by atoms with van der Waals surface area (Å²) in [6, 6.07) is 14.0. The lowest BCUT2D eigenvalue weighted by molar-refractivity contribution is 0.0734. The highest BCUT2D eigenvalue weighted by atomic mass is 16.5. The van der Waals surface area contributed by atoms with Crippen LogP contribution in [0.1, 0.15) is 21.5 Å². The molecule has 0 aliphatic carbocycles. The third-order valence-electron chi connectivity index (χ3n) is 2.72. The van der Waals surface area contributed by atoms with Crippen molar-refractivity contribution in [1.29, 1.82) is 0 Å². The van der Waals surface area contributed by atoms with Gasteiger partial charge in [-0.2, -0.15) is 5.10 Å². The zero-order chi connectivity index (χ0) is 15.9. The summed E-state index contributed by atoms with van der Waals surface area (Å²) in [5, 5.41) is 7.19. The van der Waals surface area contributed by atoms with E-state index in [1.165, 1.54) is 6.21 Å². The third kappa shape index (κ3) is 4.45. The molecular weight excluding hydrogens is 280 g/mol. The quantitative estimate of drug-likeness (QED) is 0.295. The molecule has 22 heavy (non-hydrogen) atoms. The van der Waals surface area contributed by atoms with Crippen LogP contribution in [0.5, 0.6) is 5.75 Å². The molecule has 4 N–H and O–H groups in total. The number of rotatable bonds is 4. The van der Waals surface area contributed by atoms with Crippen LogP contribution in [-0.2, 0) is 0 Å². The Labute approximate surface area is 128 Å². The molecule has 0 radical (unpaired) electrons. The second kappa shape index (κ2) is 7.03. The van der Waals surface area contributed by atoms with Crippen LogP contribution in [0.2, 0.25) is 0 Å². The summed E-state index contributed by atoms with van der Waals surface area (Å²) in [4.78, 5) is 12.0. The lowest BCUT2D eigenvalue weighted by Crippen LogP contribution is -2.21. The molecule has 0 spiro atoms. The fourth-order valence-electron chi connectivity index (χ4n) is 1.72. The summed E-state index contributed by atoms with van der Waals surface area (Å²) in [6.45, 7) is 1.92. The summed E-state index contributed by atoms with van der Waals surface area (Å²) in [5.41, 5.74) is 12.6. The molecule has 0 aromatic heterocycles. The fraction of sp³-hybridized carbons (Fsp3) is 0.0625. The van der Waals surface area contributed by atoms with Gasteiger partial charge in [0.05, 0.1) is 11.8 Å².